The van der Waals surface area contributed by atoms with E-state index in [1.165, 1.54) is 11.0 Å². The fourth-order valence-corrected chi connectivity index (χ4v) is 4.04. The molecule has 3 amide bonds. The number of carbonyl (C=O) groups excluding carboxylic acids is 2. The van der Waals surface area contributed by atoms with Crippen LogP contribution in [0.2, 0.25) is 0 Å². The molecule has 0 unspecified atom stereocenters. The maximum Gasteiger partial charge on any atom is 0.416 e. The molecule has 0 bridgehead atoms. The summed E-state index contributed by atoms with van der Waals surface area (Å²) in [4.78, 5) is 38.9. The third kappa shape index (κ3) is 6.09. The number of halogens is 3. The van der Waals surface area contributed by atoms with E-state index in [9.17, 15) is 27.6 Å². The molecule has 2 aliphatic heterocycles. The van der Waals surface area contributed by atoms with Gasteiger partial charge in [-0.25, -0.2) is 4.79 Å². The van der Waals surface area contributed by atoms with Gasteiger partial charge in [0.05, 0.1) is 12.1 Å². The van der Waals surface area contributed by atoms with E-state index in [4.69, 9.17) is 5.11 Å². The SMILES string of the molecule is O=C(CNC(=O)c1cccc(C(F)(F)F)c1)N[C@@H]1CCN(C2CCN(C(=O)O)CC2)C1. The molecule has 170 valence electrons. The Balaban J connectivity index is 1.41. The van der Waals surface area contributed by atoms with E-state index in [1.54, 1.807) is 0 Å². The van der Waals surface area contributed by atoms with Crippen molar-refractivity contribution in [1.82, 2.24) is 20.4 Å². The Kier molecular flexibility index (Phi) is 7.04. The van der Waals surface area contributed by atoms with Crippen molar-refractivity contribution in [2.24, 2.45) is 0 Å². The van der Waals surface area contributed by atoms with Gasteiger partial charge in [-0.05, 0) is 37.5 Å². The Labute approximate surface area is 177 Å². The first-order valence-electron chi connectivity index (χ1n) is 10.1. The van der Waals surface area contributed by atoms with Gasteiger partial charge < -0.3 is 20.6 Å². The van der Waals surface area contributed by atoms with Crippen LogP contribution < -0.4 is 10.6 Å². The predicted octanol–water partition coefficient (Wildman–Crippen LogP) is 1.77. The summed E-state index contributed by atoms with van der Waals surface area (Å²) in [5.41, 5.74) is -1.09. The average molecular weight is 442 g/mol. The van der Waals surface area contributed by atoms with Crippen LogP contribution in [-0.2, 0) is 11.0 Å². The Morgan fingerprint density at radius 2 is 1.81 bits per heavy atom. The number of carboxylic acid groups (broad SMARTS) is 1. The quantitative estimate of drug-likeness (QED) is 0.645. The average Bonchev–Trinajstić information content (AvgIpc) is 3.20. The van der Waals surface area contributed by atoms with E-state index in [0.29, 0.717) is 19.6 Å². The summed E-state index contributed by atoms with van der Waals surface area (Å²) < 4.78 is 38.3. The highest BCUT2D eigenvalue weighted by Gasteiger charge is 2.33. The summed E-state index contributed by atoms with van der Waals surface area (Å²) in [6, 6.07) is 4.21. The zero-order valence-corrected chi connectivity index (χ0v) is 16.8. The maximum absolute atomic E-state index is 12.8. The van der Waals surface area contributed by atoms with Crippen LogP contribution in [0.4, 0.5) is 18.0 Å². The molecule has 0 radical (unpaired) electrons. The van der Waals surface area contributed by atoms with Gasteiger partial charge in [0.1, 0.15) is 0 Å². The van der Waals surface area contributed by atoms with Crippen molar-refractivity contribution in [2.45, 2.75) is 37.5 Å². The predicted molar refractivity (Wildman–Crippen MR) is 105 cm³/mol. The zero-order valence-electron chi connectivity index (χ0n) is 16.8. The summed E-state index contributed by atoms with van der Waals surface area (Å²) in [5.74, 6) is -1.16. The molecule has 3 rings (SSSR count). The van der Waals surface area contributed by atoms with Crippen LogP contribution in [0.5, 0.6) is 0 Å². The fourth-order valence-electron chi connectivity index (χ4n) is 4.04. The van der Waals surface area contributed by atoms with E-state index in [0.717, 1.165) is 44.0 Å². The second-order valence-corrected chi connectivity index (χ2v) is 7.81. The molecule has 0 spiro atoms. The molecule has 2 heterocycles. The summed E-state index contributed by atoms with van der Waals surface area (Å²) in [6.07, 6.45) is -3.21. The first-order valence-corrected chi connectivity index (χ1v) is 10.1. The number of hydrogen-bond acceptors (Lipinski definition) is 4. The third-order valence-electron chi connectivity index (χ3n) is 5.70. The molecule has 11 heteroatoms. The molecule has 0 aromatic heterocycles. The molecule has 2 aliphatic rings. The number of benzene rings is 1. The van der Waals surface area contributed by atoms with Crippen molar-refractivity contribution in [1.29, 1.82) is 0 Å². The molecular formula is C20H25F3N4O4. The first-order chi connectivity index (χ1) is 14.6. The van der Waals surface area contributed by atoms with Crippen molar-refractivity contribution in [3.63, 3.8) is 0 Å². The highest BCUT2D eigenvalue weighted by Crippen LogP contribution is 2.29. The normalized spacial score (nSPS) is 20.5. The van der Waals surface area contributed by atoms with Crippen LogP contribution in [0.15, 0.2) is 24.3 Å². The van der Waals surface area contributed by atoms with Crippen LogP contribution >= 0.6 is 0 Å². The molecule has 1 aromatic rings. The Morgan fingerprint density at radius 3 is 2.45 bits per heavy atom. The number of rotatable bonds is 5. The lowest BCUT2D eigenvalue weighted by atomic mass is 10.0. The number of piperidine rings is 1. The molecule has 31 heavy (non-hydrogen) atoms. The molecule has 8 nitrogen and oxygen atoms in total. The van der Waals surface area contributed by atoms with E-state index in [1.807, 2.05) is 0 Å². The maximum atomic E-state index is 12.8. The van der Waals surface area contributed by atoms with Crippen LogP contribution in [0.25, 0.3) is 0 Å². The number of hydrogen-bond donors (Lipinski definition) is 3. The van der Waals surface area contributed by atoms with Crippen molar-refractivity contribution < 1.29 is 32.7 Å². The largest absolute Gasteiger partial charge is 0.465 e. The van der Waals surface area contributed by atoms with Crippen LogP contribution in [-0.4, -0.2) is 77.6 Å². The standard InChI is InChI=1S/C20H25F3N4O4/c21-20(22,23)14-3-1-2-13(10-14)18(29)24-11-17(28)25-15-4-7-27(12-15)16-5-8-26(9-6-16)19(30)31/h1-3,10,15-16H,4-9,11-12H2,(H,24,29)(H,25,28)(H,30,31)/t15-/m1/s1. The van der Waals surface area contributed by atoms with Crippen molar-refractivity contribution in [3.8, 4) is 0 Å². The van der Waals surface area contributed by atoms with Gasteiger partial charge in [0.15, 0.2) is 0 Å². The Bertz CT molecular complexity index is 825. The summed E-state index contributed by atoms with van der Waals surface area (Å²) >= 11 is 0. The lowest BCUT2D eigenvalue weighted by Crippen LogP contribution is -2.47. The Hall–Kier alpha value is -2.82. The smallest absolute Gasteiger partial charge is 0.416 e. The second-order valence-electron chi connectivity index (χ2n) is 7.81. The van der Waals surface area contributed by atoms with Crippen molar-refractivity contribution >= 4 is 17.9 Å². The van der Waals surface area contributed by atoms with Gasteiger partial charge in [-0.3, -0.25) is 14.5 Å². The number of alkyl halides is 3. The van der Waals surface area contributed by atoms with E-state index in [-0.39, 0.29) is 24.2 Å². The van der Waals surface area contributed by atoms with Gasteiger partial charge in [0, 0.05) is 43.8 Å². The Morgan fingerprint density at radius 1 is 1.10 bits per heavy atom. The van der Waals surface area contributed by atoms with Gasteiger partial charge in [-0.1, -0.05) is 6.07 Å². The highest BCUT2D eigenvalue weighted by atomic mass is 19.4. The lowest BCUT2D eigenvalue weighted by Gasteiger charge is -2.35. The van der Waals surface area contributed by atoms with Gasteiger partial charge >= 0.3 is 12.3 Å². The molecule has 1 atom stereocenters. The van der Waals surface area contributed by atoms with Crippen LogP contribution in [0.1, 0.15) is 35.2 Å². The van der Waals surface area contributed by atoms with E-state index >= 15 is 0 Å². The minimum atomic E-state index is -4.55. The minimum Gasteiger partial charge on any atom is -0.465 e. The van der Waals surface area contributed by atoms with Gasteiger partial charge in [-0.15, -0.1) is 0 Å². The molecule has 0 aliphatic carbocycles. The molecular weight excluding hydrogens is 417 g/mol. The summed E-state index contributed by atoms with van der Waals surface area (Å²) in [5, 5.41) is 14.2. The second kappa shape index (κ2) is 9.54. The van der Waals surface area contributed by atoms with Crippen molar-refractivity contribution in [2.75, 3.05) is 32.7 Å². The number of likely N-dealkylation sites (tertiary alicyclic amines) is 2. The number of nitrogens with zero attached hydrogens (tertiary/aromatic N) is 2. The monoisotopic (exact) mass is 442 g/mol. The third-order valence-corrected chi connectivity index (χ3v) is 5.70. The van der Waals surface area contributed by atoms with Gasteiger partial charge in [0.2, 0.25) is 5.91 Å². The zero-order chi connectivity index (χ0) is 22.6. The molecule has 2 fully saturated rings. The van der Waals surface area contributed by atoms with E-state index < -0.39 is 29.6 Å². The fraction of sp³-hybridized carbons (Fsp3) is 0.550. The topological polar surface area (TPSA) is 102 Å². The molecule has 0 saturated carbocycles. The van der Waals surface area contributed by atoms with Gasteiger partial charge in [-0.2, -0.15) is 13.2 Å². The number of nitrogens with one attached hydrogen (secondary N) is 2. The summed E-state index contributed by atoms with van der Waals surface area (Å²) in [6.45, 7) is 2.09. The number of amides is 3. The lowest BCUT2D eigenvalue weighted by molar-refractivity contribution is -0.137. The first kappa shape index (κ1) is 22.9. The van der Waals surface area contributed by atoms with Crippen LogP contribution in [0.3, 0.4) is 0 Å². The van der Waals surface area contributed by atoms with Gasteiger partial charge in [0.25, 0.3) is 5.91 Å². The minimum absolute atomic E-state index is 0.0875. The number of carbonyl (C=O) groups is 3. The van der Waals surface area contributed by atoms with Crippen molar-refractivity contribution in [3.05, 3.63) is 35.4 Å². The van der Waals surface area contributed by atoms with E-state index in [2.05, 4.69) is 15.5 Å². The highest BCUT2D eigenvalue weighted by molar-refractivity contribution is 5.96. The van der Waals surface area contributed by atoms with Crippen LogP contribution in [0, 0.1) is 0 Å². The molecule has 1 aromatic carbocycles. The molecule has 2 saturated heterocycles. The summed E-state index contributed by atoms with van der Waals surface area (Å²) in [7, 11) is 0. The molecule has 3 N–H and O–H groups in total.